The van der Waals surface area contributed by atoms with Gasteiger partial charge in [-0.1, -0.05) is 12.1 Å². The van der Waals surface area contributed by atoms with Gasteiger partial charge in [0.2, 0.25) is 15.9 Å². The number of hydrogen-bond donors (Lipinski definition) is 1. The van der Waals surface area contributed by atoms with Crippen molar-refractivity contribution in [2.75, 3.05) is 32.5 Å². The van der Waals surface area contributed by atoms with Crippen molar-refractivity contribution in [1.29, 1.82) is 0 Å². The van der Waals surface area contributed by atoms with Crippen LogP contribution in [0.15, 0.2) is 58.3 Å². The lowest BCUT2D eigenvalue weighted by Gasteiger charge is -2.30. The Morgan fingerprint density at radius 1 is 1.17 bits per heavy atom. The third-order valence-electron chi connectivity index (χ3n) is 5.18. The number of sulfonamides is 1. The highest BCUT2D eigenvalue weighted by molar-refractivity contribution is 7.98. The highest BCUT2D eigenvalue weighted by atomic mass is 32.2. The van der Waals surface area contributed by atoms with Crippen molar-refractivity contribution in [3.05, 3.63) is 54.1 Å². The van der Waals surface area contributed by atoms with Crippen molar-refractivity contribution in [3.63, 3.8) is 0 Å². The number of carbonyl (C=O) groups excluding carboxylic acids is 1. The van der Waals surface area contributed by atoms with E-state index in [1.54, 1.807) is 23.9 Å². The van der Waals surface area contributed by atoms with E-state index in [4.69, 9.17) is 4.74 Å². The Hall–Kier alpha value is -2.03. The summed E-state index contributed by atoms with van der Waals surface area (Å²) in [5.74, 6) is 0.576. The maximum absolute atomic E-state index is 12.8. The highest BCUT2D eigenvalue weighted by Gasteiger charge is 2.31. The molecule has 6 nitrogen and oxygen atoms in total. The zero-order valence-electron chi connectivity index (χ0n) is 17.3. The van der Waals surface area contributed by atoms with Crippen LogP contribution in [0.1, 0.15) is 18.4 Å². The number of hydrogen-bond acceptors (Lipinski definition) is 5. The Labute approximate surface area is 183 Å². The number of nitrogens with zero attached hydrogens (tertiary/aromatic N) is 1. The summed E-state index contributed by atoms with van der Waals surface area (Å²) in [6.45, 7) is 3.52. The first kappa shape index (κ1) is 22.7. The summed E-state index contributed by atoms with van der Waals surface area (Å²) in [7, 11) is -3.52. The zero-order valence-corrected chi connectivity index (χ0v) is 19.0. The van der Waals surface area contributed by atoms with Crippen LogP contribution in [0, 0.1) is 12.8 Å². The largest absolute Gasteiger partial charge is 0.492 e. The first-order chi connectivity index (χ1) is 14.4. The van der Waals surface area contributed by atoms with Crippen LogP contribution in [0.2, 0.25) is 0 Å². The molecule has 162 valence electrons. The number of ether oxygens (including phenoxy) is 1. The summed E-state index contributed by atoms with van der Waals surface area (Å²) in [5, 5.41) is 2.90. The Balaban J connectivity index is 1.44. The lowest BCUT2D eigenvalue weighted by atomic mass is 9.97. The van der Waals surface area contributed by atoms with E-state index < -0.39 is 10.0 Å². The van der Waals surface area contributed by atoms with Gasteiger partial charge in [-0.15, -0.1) is 11.8 Å². The lowest BCUT2D eigenvalue weighted by Crippen LogP contribution is -2.43. The van der Waals surface area contributed by atoms with Crippen LogP contribution in [0.4, 0.5) is 0 Å². The Kier molecular flexibility index (Phi) is 7.80. The standard InChI is InChI=1S/C22H28N2O4S2/c1-17-4-3-5-19(16-17)28-15-12-23-22(25)18-10-13-24(14-11-18)30(26,27)21-8-6-20(29-2)7-9-21/h3-9,16,18H,10-15H2,1-2H3,(H,23,25). The van der Waals surface area contributed by atoms with E-state index in [9.17, 15) is 13.2 Å². The number of nitrogens with one attached hydrogen (secondary N) is 1. The van der Waals surface area contributed by atoms with Gasteiger partial charge in [0.15, 0.2) is 0 Å². The predicted octanol–water partition coefficient (Wildman–Crippen LogP) is 3.31. The number of aryl methyl sites for hydroxylation is 1. The second-order valence-corrected chi connectivity index (χ2v) is 10.1. The van der Waals surface area contributed by atoms with E-state index in [1.165, 1.54) is 4.31 Å². The van der Waals surface area contributed by atoms with Gasteiger partial charge in [0.05, 0.1) is 11.4 Å². The van der Waals surface area contributed by atoms with Crippen LogP contribution >= 0.6 is 11.8 Å². The second-order valence-electron chi connectivity index (χ2n) is 7.31. The van der Waals surface area contributed by atoms with Crippen molar-refractivity contribution in [1.82, 2.24) is 9.62 Å². The number of benzene rings is 2. The molecule has 30 heavy (non-hydrogen) atoms. The molecule has 0 aliphatic carbocycles. The van der Waals surface area contributed by atoms with E-state index in [2.05, 4.69) is 5.32 Å². The van der Waals surface area contributed by atoms with Crippen LogP contribution < -0.4 is 10.1 Å². The average molecular weight is 449 g/mol. The van der Waals surface area contributed by atoms with Crippen molar-refractivity contribution in [2.24, 2.45) is 5.92 Å². The van der Waals surface area contributed by atoms with E-state index in [1.807, 2.05) is 49.6 Å². The summed E-state index contributed by atoms with van der Waals surface area (Å²) in [4.78, 5) is 13.7. The van der Waals surface area contributed by atoms with Crippen LogP contribution in [-0.2, 0) is 14.8 Å². The molecule has 0 saturated carbocycles. The molecule has 0 spiro atoms. The quantitative estimate of drug-likeness (QED) is 0.495. The maximum Gasteiger partial charge on any atom is 0.243 e. The average Bonchev–Trinajstić information content (AvgIpc) is 2.77. The fourth-order valence-corrected chi connectivity index (χ4v) is 5.33. The molecule has 1 N–H and O–H groups in total. The first-order valence-corrected chi connectivity index (χ1v) is 12.7. The van der Waals surface area contributed by atoms with Gasteiger partial charge in [-0.3, -0.25) is 4.79 Å². The minimum atomic E-state index is -3.52. The number of thioether (sulfide) groups is 1. The van der Waals surface area contributed by atoms with E-state index in [-0.39, 0.29) is 11.8 Å². The molecule has 1 aliphatic rings. The van der Waals surface area contributed by atoms with Crippen LogP contribution in [0.5, 0.6) is 5.75 Å². The van der Waals surface area contributed by atoms with Gasteiger partial charge in [0.25, 0.3) is 0 Å². The van der Waals surface area contributed by atoms with Gasteiger partial charge in [0, 0.05) is 23.9 Å². The molecule has 1 saturated heterocycles. The van der Waals surface area contributed by atoms with Crippen LogP contribution in [-0.4, -0.2) is 51.1 Å². The summed E-state index contributed by atoms with van der Waals surface area (Å²) in [5.41, 5.74) is 1.12. The molecular formula is C22H28N2O4S2. The highest BCUT2D eigenvalue weighted by Crippen LogP contribution is 2.25. The first-order valence-electron chi connectivity index (χ1n) is 10.0. The SMILES string of the molecule is CSc1ccc(S(=O)(=O)N2CCC(C(=O)NCCOc3cccc(C)c3)CC2)cc1. The third kappa shape index (κ3) is 5.77. The molecule has 0 aromatic heterocycles. The monoisotopic (exact) mass is 448 g/mol. The zero-order chi connectivity index (χ0) is 21.6. The lowest BCUT2D eigenvalue weighted by molar-refractivity contribution is -0.126. The summed E-state index contributed by atoms with van der Waals surface area (Å²) < 4.78 is 32.8. The molecule has 1 heterocycles. The summed E-state index contributed by atoms with van der Waals surface area (Å²) in [6, 6.07) is 14.7. The molecule has 1 amide bonds. The van der Waals surface area contributed by atoms with E-state index in [0.717, 1.165) is 16.2 Å². The maximum atomic E-state index is 12.8. The fourth-order valence-electron chi connectivity index (χ4n) is 3.45. The molecule has 1 aliphatic heterocycles. The smallest absolute Gasteiger partial charge is 0.243 e. The Morgan fingerprint density at radius 3 is 2.50 bits per heavy atom. The molecule has 3 rings (SSSR count). The van der Waals surface area contributed by atoms with Gasteiger partial charge in [-0.2, -0.15) is 4.31 Å². The molecule has 0 atom stereocenters. The number of rotatable bonds is 8. The van der Waals surface area contributed by atoms with Crippen molar-refractivity contribution in [3.8, 4) is 5.75 Å². The summed E-state index contributed by atoms with van der Waals surface area (Å²) in [6.07, 6.45) is 2.99. The third-order valence-corrected chi connectivity index (χ3v) is 7.84. The second kappa shape index (κ2) is 10.3. The molecule has 0 unspecified atom stereocenters. The number of carbonyl (C=O) groups is 1. The summed E-state index contributed by atoms with van der Waals surface area (Å²) >= 11 is 1.57. The molecule has 0 radical (unpaired) electrons. The van der Waals surface area contributed by atoms with Crippen LogP contribution in [0.25, 0.3) is 0 Å². The molecule has 8 heteroatoms. The Morgan fingerprint density at radius 2 is 1.87 bits per heavy atom. The normalized spacial score (nSPS) is 15.7. The van der Waals surface area contributed by atoms with E-state index in [0.29, 0.717) is 44.0 Å². The Bertz CT molecular complexity index is 953. The predicted molar refractivity (Wildman–Crippen MR) is 119 cm³/mol. The molecule has 2 aromatic rings. The van der Waals surface area contributed by atoms with Crippen molar-refractivity contribution < 1.29 is 17.9 Å². The van der Waals surface area contributed by atoms with Gasteiger partial charge in [-0.05, 0) is 68.0 Å². The fraction of sp³-hybridized carbons (Fsp3) is 0.409. The van der Waals surface area contributed by atoms with E-state index >= 15 is 0 Å². The van der Waals surface area contributed by atoms with Crippen molar-refractivity contribution >= 4 is 27.7 Å². The molecule has 1 fully saturated rings. The minimum Gasteiger partial charge on any atom is -0.492 e. The van der Waals surface area contributed by atoms with Gasteiger partial charge < -0.3 is 10.1 Å². The van der Waals surface area contributed by atoms with Gasteiger partial charge >= 0.3 is 0 Å². The van der Waals surface area contributed by atoms with Gasteiger partial charge in [0.1, 0.15) is 12.4 Å². The van der Waals surface area contributed by atoms with Crippen molar-refractivity contribution in [2.45, 2.75) is 29.6 Å². The molecule has 0 bridgehead atoms. The number of piperidine rings is 1. The van der Waals surface area contributed by atoms with Crippen LogP contribution in [0.3, 0.4) is 0 Å². The topological polar surface area (TPSA) is 75.7 Å². The molecular weight excluding hydrogens is 420 g/mol. The van der Waals surface area contributed by atoms with Gasteiger partial charge in [-0.25, -0.2) is 8.42 Å². The molecule has 2 aromatic carbocycles. The number of amides is 1. The minimum absolute atomic E-state index is 0.0378.